The first-order valence-electron chi connectivity index (χ1n) is 9.03. The van der Waals surface area contributed by atoms with Crippen molar-refractivity contribution in [2.45, 2.75) is 38.2 Å². The Bertz CT molecular complexity index is 813. The van der Waals surface area contributed by atoms with Crippen molar-refractivity contribution in [3.8, 4) is 0 Å². The van der Waals surface area contributed by atoms with Gasteiger partial charge >= 0.3 is 0 Å². The van der Waals surface area contributed by atoms with Crippen LogP contribution < -0.4 is 10.9 Å². The standard InChI is InChI=1S/C20H24N6O2S/c1-13(17-5-9-21-10-6-17)23-25-19(27)15(3)29-16(4)20(28)26-24-14(2)18-7-11-22-12-8-18/h5-12,15-16H,1-4H3,(H,25,27)(H,26,28)/b23-13-,24-14?. The van der Waals surface area contributed by atoms with Gasteiger partial charge in [-0.3, -0.25) is 19.6 Å². The summed E-state index contributed by atoms with van der Waals surface area (Å²) in [4.78, 5) is 32.4. The van der Waals surface area contributed by atoms with Crippen molar-refractivity contribution < 1.29 is 9.59 Å². The van der Waals surface area contributed by atoms with E-state index in [1.54, 1.807) is 52.5 Å². The molecule has 0 bridgehead atoms. The van der Waals surface area contributed by atoms with Crippen LogP contribution in [0.15, 0.2) is 59.3 Å². The van der Waals surface area contributed by atoms with Gasteiger partial charge in [0.1, 0.15) is 0 Å². The third-order valence-corrected chi connectivity index (χ3v) is 5.26. The number of hydrogen-bond acceptors (Lipinski definition) is 7. The number of hydrogen-bond donors (Lipinski definition) is 2. The second kappa shape index (κ2) is 11.1. The van der Waals surface area contributed by atoms with E-state index in [9.17, 15) is 9.59 Å². The Balaban J connectivity index is 1.84. The normalized spacial score (nSPS) is 14.1. The predicted molar refractivity (Wildman–Crippen MR) is 116 cm³/mol. The van der Waals surface area contributed by atoms with Crippen LogP contribution in [0.4, 0.5) is 0 Å². The maximum atomic E-state index is 12.3. The van der Waals surface area contributed by atoms with Crippen LogP contribution in [0.5, 0.6) is 0 Å². The van der Waals surface area contributed by atoms with E-state index in [0.717, 1.165) is 11.1 Å². The van der Waals surface area contributed by atoms with E-state index in [1.807, 2.05) is 24.3 Å². The number of nitrogens with zero attached hydrogens (tertiary/aromatic N) is 4. The lowest BCUT2D eigenvalue weighted by atomic mass is 10.2. The molecule has 0 aromatic carbocycles. The van der Waals surface area contributed by atoms with Crippen molar-refractivity contribution in [3.63, 3.8) is 0 Å². The summed E-state index contributed by atoms with van der Waals surface area (Å²) in [6.45, 7) is 7.05. The summed E-state index contributed by atoms with van der Waals surface area (Å²) in [7, 11) is 0. The third kappa shape index (κ3) is 7.11. The Morgan fingerprint density at radius 1 is 0.793 bits per heavy atom. The molecule has 2 heterocycles. The molecular formula is C20H24N6O2S. The van der Waals surface area contributed by atoms with Gasteiger partial charge in [0, 0.05) is 35.9 Å². The van der Waals surface area contributed by atoms with Crippen molar-refractivity contribution in [1.82, 2.24) is 20.8 Å². The number of pyridine rings is 2. The van der Waals surface area contributed by atoms with Crippen LogP contribution in [0, 0.1) is 0 Å². The van der Waals surface area contributed by atoms with Crippen molar-refractivity contribution in [1.29, 1.82) is 0 Å². The number of carbonyl (C=O) groups excluding carboxylic acids is 2. The molecule has 2 atom stereocenters. The van der Waals surface area contributed by atoms with E-state index in [1.165, 1.54) is 11.8 Å². The lowest BCUT2D eigenvalue weighted by molar-refractivity contribution is -0.120. The van der Waals surface area contributed by atoms with Crippen molar-refractivity contribution in [2.24, 2.45) is 10.2 Å². The summed E-state index contributed by atoms with van der Waals surface area (Å²) in [6.07, 6.45) is 6.64. The Morgan fingerprint density at radius 3 is 1.48 bits per heavy atom. The molecule has 0 fully saturated rings. The molecule has 2 aromatic heterocycles. The number of thioether (sulfide) groups is 1. The van der Waals surface area contributed by atoms with Crippen LogP contribution >= 0.6 is 11.8 Å². The van der Waals surface area contributed by atoms with Gasteiger partial charge in [0.15, 0.2) is 0 Å². The molecule has 0 aliphatic carbocycles. The van der Waals surface area contributed by atoms with Gasteiger partial charge in [0.05, 0.1) is 21.9 Å². The summed E-state index contributed by atoms with van der Waals surface area (Å²) in [5.74, 6) is -0.556. The maximum absolute atomic E-state index is 12.3. The molecule has 2 amide bonds. The van der Waals surface area contributed by atoms with E-state index >= 15 is 0 Å². The highest BCUT2D eigenvalue weighted by Crippen LogP contribution is 2.18. The fourth-order valence-corrected chi connectivity index (χ4v) is 3.17. The average Bonchev–Trinajstić information content (AvgIpc) is 2.76. The van der Waals surface area contributed by atoms with Crippen molar-refractivity contribution in [3.05, 3.63) is 60.2 Å². The number of amides is 2. The zero-order valence-electron chi connectivity index (χ0n) is 16.8. The molecule has 152 valence electrons. The largest absolute Gasteiger partial charge is 0.272 e. The number of nitrogens with one attached hydrogen (secondary N) is 2. The molecule has 2 aromatic rings. The topological polar surface area (TPSA) is 109 Å². The summed E-state index contributed by atoms with van der Waals surface area (Å²) in [6, 6.07) is 7.24. The summed E-state index contributed by atoms with van der Waals surface area (Å²) < 4.78 is 0. The number of carbonyl (C=O) groups is 2. The van der Waals surface area contributed by atoms with E-state index < -0.39 is 10.5 Å². The summed E-state index contributed by atoms with van der Waals surface area (Å²) in [5, 5.41) is 7.29. The zero-order chi connectivity index (χ0) is 21.2. The van der Waals surface area contributed by atoms with Gasteiger partial charge in [-0.2, -0.15) is 10.2 Å². The van der Waals surface area contributed by atoms with Gasteiger partial charge in [0.2, 0.25) is 0 Å². The van der Waals surface area contributed by atoms with Crippen LogP contribution in [-0.2, 0) is 9.59 Å². The molecular weight excluding hydrogens is 388 g/mol. The molecule has 8 nitrogen and oxygen atoms in total. The second-order valence-electron chi connectivity index (χ2n) is 6.24. The SMILES string of the molecule is CC(=NNC(=O)C(C)SC(C)C(=O)N/N=C(/C)c1ccncc1)c1ccncc1. The fraction of sp³-hybridized carbons (Fsp3) is 0.300. The van der Waals surface area contributed by atoms with Crippen LogP contribution in [0.25, 0.3) is 0 Å². The highest BCUT2D eigenvalue weighted by atomic mass is 32.2. The highest BCUT2D eigenvalue weighted by molar-refractivity contribution is 8.01. The summed E-state index contributed by atoms with van der Waals surface area (Å²) in [5.41, 5.74) is 8.16. The Kier molecular flexibility index (Phi) is 8.47. The minimum Gasteiger partial charge on any atom is -0.272 e. The molecule has 0 aliphatic rings. The molecule has 29 heavy (non-hydrogen) atoms. The lowest BCUT2D eigenvalue weighted by Gasteiger charge is -2.15. The van der Waals surface area contributed by atoms with Gasteiger partial charge in [0.25, 0.3) is 11.8 Å². The summed E-state index contributed by atoms with van der Waals surface area (Å²) >= 11 is 1.23. The minimum absolute atomic E-state index is 0.278. The zero-order valence-corrected chi connectivity index (χ0v) is 17.6. The van der Waals surface area contributed by atoms with Crippen LogP contribution in [0.1, 0.15) is 38.8 Å². The molecule has 9 heteroatoms. The minimum atomic E-state index is -0.463. The van der Waals surface area contributed by atoms with E-state index in [2.05, 4.69) is 31.0 Å². The van der Waals surface area contributed by atoms with Gasteiger partial charge in [-0.1, -0.05) is 0 Å². The molecule has 0 saturated carbocycles. The van der Waals surface area contributed by atoms with Gasteiger partial charge in [-0.15, -0.1) is 11.8 Å². The van der Waals surface area contributed by atoms with Crippen LogP contribution in [-0.4, -0.2) is 43.7 Å². The molecule has 2 unspecified atom stereocenters. The predicted octanol–water partition coefficient (Wildman–Crippen LogP) is 2.37. The first-order valence-corrected chi connectivity index (χ1v) is 9.97. The first-order chi connectivity index (χ1) is 13.9. The van der Waals surface area contributed by atoms with E-state index in [0.29, 0.717) is 11.4 Å². The highest BCUT2D eigenvalue weighted by Gasteiger charge is 2.21. The molecule has 0 aliphatic heterocycles. The lowest BCUT2D eigenvalue weighted by Crippen LogP contribution is -2.33. The molecule has 0 radical (unpaired) electrons. The average molecular weight is 413 g/mol. The van der Waals surface area contributed by atoms with Crippen LogP contribution in [0.2, 0.25) is 0 Å². The van der Waals surface area contributed by atoms with Crippen molar-refractivity contribution >= 4 is 35.0 Å². The molecule has 0 spiro atoms. The first kappa shape index (κ1) is 22.2. The smallest absolute Gasteiger partial charge is 0.252 e. The number of aromatic nitrogens is 2. The number of hydrazone groups is 2. The van der Waals surface area contributed by atoms with Crippen molar-refractivity contribution in [2.75, 3.05) is 0 Å². The molecule has 2 N–H and O–H groups in total. The monoisotopic (exact) mass is 412 g/mol. The Hall–Kier alpha value is -3.07. The quantitative estimate of drug-likeness (QED) is 0.511. The van der Waals surface area contributed by atoms with Gasteiger partial charge in [-0.25, -0.2) is 10.9 Å². The number of rotatable bonds is 8. The van der Waals surface area contributed by atoms with E-state index in [4.69, 9.17) is 0 Å². The maximum Gasteiger partial charge on any atom is 0.252 e. The van der Waals surface area contributed by atoms with Crippen LogP contribution in [0.3, 0.4) is 0 Å². The molecule has 2 rings (SSSR count). The fourth-order valence-electron chi connectivity index (χ4n) is 2.20. The second-order valence-corrected chi connectivity index (χ2v) is 7.93. The van der Waals surface area contributed by atoms with E-state index in [-0.39, 0.29) is 11.8 Å². The van der Waals surface area contributed by atoms with Gasteiger partial charge in [-0.05, 0) is 52.0 Å². The molecule has 0 saturated heterocycles. The van der Waals surface area contributed by atoms with Gasteiger partial charge < -0.3 is 0 Å². The Labute approximate surface area is 174 Å². The third-order valence-electron chi connectivity index (χ3n) is 4.01. The Morgan fingerprint density at radius 2 is 1.14 bits per heavy atom.